The molecule has 0 aliphatic carbocycles. The van der Waals surface area contributed by atoms with Crippen LogP contribution in [0.5, 0.6) is 0 Å². The highest BCUT2D eigenvalue weighted by Gasteiger charge is 2.44. The number of allylic oxidation sites excluding steroid dienone is 9. The van der Waals surface area contributed by atoms with Gasteiger partial charge >= 0.3 is 0 Å². The van der Waals surface area contributed by atoms with Crippen molar-refractivity contribution in [2.75, 3.05) is 13.2 Å². The number of nitrogens with one attached hydrogen (secondary N) is 1. The summed E-state index contributed by atoms with van der Waals surface area (Å²) in [6, 6.07) is -1.22. The van der Waals surface area contributed by atoms with Crippen molar-refractivity contribution in [1.82, 2.24) is 5.32 Å². The third kappa shape index (κ3) is 24.2. The number of carbonyl (C=O) groups excluding carboxylic acids is 1. The van der Waals surface area contributed by atoms with Gasteiger partial charge in [-0.25, -0.2) is 0 Å². The molecule has 0 radical (unpaired) electrons. The topological polar surface area (TPSA) is 189 Å². The molecule has 0 spiro atoms. The third-order valence-corrected chi connectivity index (χ3v) is 9.76. The van der Waals surface area contributed by atoms with Crippen molar-refractivity contribution in [1.29, 1.82) is 0 Å². The zero-order valence-electron chi connectivity index (χ0n) is 33.9. The molecule has 8 N–H and O–H groups in total. The van der Waals surface area contributed by atoms with E-state index in [0.29, 0.717) is 19.3 Å². The maximum atomic E-state index is 13.0. The Kier molecular flexibility index (Phi) is 31.3. The fourth-order valence-corrected chi connectivity index (χ4v) is 6.16. The van der Waals surface area contributed by atoms with E-state index >= 15 is 0 Å². The SMILES string of the molecule is CCCCC/C=C/CC/C=C/CC/C=C/CCCC(O)C(O)C(COC1OC(CO)C(O)C(O)C1O)NC(=O)C(O)C/C=C\C/C=C\CCCCCCCC. The number of ether oxygens (including phenoxy) is 2. The molecule has 0 aromatic rings. The molecule has 11 heteroatoms. The second-order valence-corrected chi connectivity index (χ2v) is 14.7. The number of rotatable bonds is 33. The Bertz CT molecular complexity index is 1080. The summed E-state index contributed by atoms with van der Waals surface area (Å²) < 4.78 is 11.0. The molecule has 1 aliphatic heterocycles. The van der Waals surface area contributed by atoms with E-state index < -0.39 is 74.2 Å². The summed E-state index contributed by atoms with van der Waals surface area (Å²) in [6.45, 7) is 3.30. The van der Waals surface area contributed by atoms with Gasteiger partial charge in [-0.2, -0.15) is 0 Å². The summed E-state index contributed by atoms with van der Waals surface area (Å²) in [5.74, 6) is -0.784. The third-order valence-electron chi connectivity index (χ3n) is 9.76. The Morgan fingerprint density at radius 2 is 1.16 bits per heavy atom. The van der Waals surface area contributed by atoms with Crippen LogP contribution in [0.2, 0.25) is 0 Å². The van der Waals surface area contributed by atoms with E-state index in [1.54, 1.807) is 6.08 Å². The smallest absolute Gasteiger partial charge is 0.249 e. The Morgan fingerprint density at radius 1 is 0.655 bits per heavy atom. The second-order valence-electron chi connectivity index (χ2n) is 14.7. The monoisotopic (exact) mass is 780 g/mol. The first kappa shape index (κ1) is 50.8. The lowest BCUT2D eigenvalue weighted by Crippen LogP contribution is -2.60. The van der Waals surface area contributed by atoms with Crippen molar-refractivity contribution < 1.29 is 50.0 Å². The van der Waals surface area contributed by atoms with E-state index in [2.05, 4.69) is 61.7 Å². The summed E-state index contributed by atoms with van der Waals surface area (Å²) >= 11 is 0. The van der Waals surface area contributed by atoms with Gasteiger partial charge in [0.05, 0.1) is 25.4 Å². The van der Waals surface area contributed by atoms with Gasteiger partial charge in [-0.05, 0) is 77.0 Å². The Balaban J connectivity index is 2.61. The number of hydrogen-bond acceptors (Lipinski definition) is 10. The predicted octanol–water partition coefficient (Wildman–Crippen LogP) is 5.99. The lowest BCUT2D eigenvalue weighted by atomic mass is 9.99. The van der Waals surface area contributed by atoms with E-state index in [1.165, 1.54) is 51.4 Å². The van der Waals surface area contributed by atoms with Crippen LogP contribution in [0, 0.1) is 0 Å². The first-order chi connectivity index (χ1) is 26.7. The molecule has 1 aliphatic rings. The fourth-order valence-electron chi connectivity index (χ4n) is 6.16. The average Bonchev–Trinajstić information content (AvgIpc) is 3.18. The summed E-state index contributed by atoms with van der Waals surface area (Å²) in [5.41, 5.74) is 0. The molecule has 1 rings (SSSR count). The van der Waals surface area contributed by atoms with E-state index in [1.807, 2.05) is 12.2 Å². The van der Waals surface area contributed by atoms with Gasteiger partial charge in [0, 0.05) is 6.42 Å². The Hall–Kier alpha value is -2.19. The molecule has 0 aromatic carbocycles. The van der Waals surface area contributed by atoms with Crippen molar-refractivity contribution in [3.8, 4) is 0 Å². The van der Waals surface area contributed by atoms with Crippen molar-refractivity contribution in [3.63, 3.8) is 0 Å². The van der Waals surface area contributed by atoms with Gasteiger partial charge in [0.1, 0.15) is 36.6 Å². The molecule has 0 bridgehead atoms. The van der Waals surface area contributed by atoms with Crippen LogP contribution in [-0.2, 0) is 14.3 Å². The summed E-state index contributed by atoms with van der Waals surface area (Å²) in [4.78, 5) is 13.0. The number of aliphatic hydroxyl groups is 7. The minimum Gasteiger partial charge on any atom is -0.394 e. The number of unbranched alkanes of at least 4 members (excludes halogenated alkanes) is 12. The number of amides is 1. The molecule has 1 fully saturated rings. The van der Waals surface area contributed by atoms with Gasteiger partial charge in [-0.15, -0.1) is 0 Å². The van der Waals surface area contributed by atoms with E-state index in [0.717, 1.165) is 44.9 Å². The standard InChI is InChI=1S/C44H77NO10/c1-3-5-7-9-11-13-15-17-18-19-20-22-23-25-27-29-31-36(47)39(49)35(34-54-44-42(52)41(51)40(50)38(33-46)55-44)45-43(53)37(48)32-30-28-26-24-21-16-14-12-10-8-6-4-2/h11,13,18-19,21,23-25,28,30,35-42,44,46-52H,3-10,12,14-17,20,22,26-27,29,31-34H2,1-2H3,(H,45,53)/b13-11+,19-18+,24-21-,25-23+,30-28-. The van der Waals surface area contributed by atoms with Gasteiger partial charge in [0.15, 0.2) is 6.29 Å². The average molecular weight is 780 g/mol. The maximum absolute atomic E-state index is 13.0. The molecule has 1 saturated heterocycles. The highest BCUT2D eigenvalue weighted by molar-refractivity contribution is 5.81. The lowest BCUT2D eigenvalue weighted by Gasteiger charge is -2.40. The van der Waals surface area contributed by atoms with E-state index in [9.17, 15) is 40.5 Å². The number of hydrogen-bond donors (Lipinski definition) is 8. The van der Waals surface area contributed by atoms with Gasteiger partial charge in [0.25, 0.3) is 0 Å². The van der Waals surface area contributed by atoms with Crippen LogP contribution in [0.1, 0.15) is 142 Å². The molecule has 1 amide bonds. The van der Waals surface area contributed by atoms with Crippen LogP contribution >= 0.6 is 0 Å². The van der Waals surface area contributed by atoms with Gasteiger partial charge in [-0.1, -0.05) is 120 Å². The van der Waals surface area contributed by atoms with Crippen LogP contribution in [0.4, 0.5) is 0 Å². The molecular weight excluding hydrogens is 702 g/mol. The molecule has 318 valence electrons. The molecule has 1 heterocycles. The zero-order valence-corrected chi connectivity index (χ0v) is 33.9. The maximum Gasteiger partial charge on any atom is 0.249 e. The molecule has 9 atom stereocenters. The van der Waals surface area contributed by atoms with Crippen molar-refractivity contribution in [2.24, 2.45) is 0 Å². The first-order valence-electron chi connectivity index (χ1n) is 21.2. The van der Waals surface area contributed by atoms with E-state index in [4.69, 9.17) is 9.47 Å². The van der Waals surface area contributed by atoms with Crippen LogP contribution in [0.25, 0.3) is 0 Å². The quantitative estimate of drug-likeness (QED) is 0.0290. The zero-order chi connectivity index (χ0) is 40.5. The first-order valence-corrected chi connectivity index (χ1v) is 21.2. The predicted molar refractivity (Wildman–Crippen MR) is 219 cm³/mol. The summed E-state index contributed by atoms with van der Waals surface area (Å²) in [6.07, 6.45) is 28.7. The number of carbonyl (C=O) groups is 1. The van der Waals surface area contributed by atoms with E-state index in [-0.39, 0.29) is 12.8 Å². The highest BCUT2D eigenvalue weighted by Crippen LogP contribution is 2.23. The molecule has 9 unspecified atom stereocenters. The van der Waals surface area contributed by atoms with Crippen LogP contribution in [-0.4, -0.2) is 110 Å². The normalized spacial score (nSPS) is 23.1. The Morgan fingerprint density at radius 3 is 1.78 bits per heavy atom. The van der Waals surface area contributed by atoms with Crippen molar-refractivity contribution >= 4 is 5.91 Å². The molecule has 0 aromatic heterocycles. The van der Waals surface area contributed by atoms with Gasteiger partial charge in [-0.3, -0.25) is 4.79 Å². The summed E-state index contributed by atoms with van der Waals surface area (Å²) in [5, 5.41) is 75.2. The lowest BCUT2D eigenvalue weighted by molar-refractivity contribution is -0.303. The molecule has 55 heavy (non-hydrogen) atoms. The minimum absolute atomic E-state index is 0.0364. The number of aliphatic hydroxyl groups excluding tert-OH is 7. The summed E-state index contributed by atoms with van der Waals surface area (Å²) in [7, 11) is 0. The molecular formula is C44H77NO10. The molecule has 11 nitrogen and oxygen atoms in total. The fraction of sp³-hybridized carbons (Fsp3) is 0.750. The second kappa shape index (κ2) is 33.9. The minimum atomic E-state index is -1.68. The van der Waals surface area contributed by atoms with Crippen molar-refractivity contribution in [2.45, 2.75) is 197 Å². The van der Waals surface area contributed by atoms with Crippen LogP contribution in [0.3, 0.4) is 0 Å². The van der Waals surface area contributed by atoms with Gasteiger partial charge in [0.2, 0.25) is 5.91 Å². The van der Waals surface area contributed by atoms with Gasteiger partial charge < -0.3 is 50.5 Å². The van der Waals surface area contributed by atoms with Crippen LogP contribution < -0.4 is 5.32 Å². The highest BCUT2D eigenvalue weighted by atomic mass is 16.7. The van der Waals surface area contributed by atoms with Crippen LogP contribution in [0.15, 0.2) is 60.8 Å². The largest absolute Gasteiger partial charge is 0.394 e. The Labute approximate surface area is 331 Å². The van der Waals surface area contributed by atoms with Crippen molar-refractivity contribution in [3.05, 3.63) is 60.8 Å². The molecule has 0 saturated carbocycles.